The molecule has 0 fully saturated rings. The Bertz CT molecular complexity index is 479. The minimum atomic E-state index is -0.0378. The Hall–Kier alpha value is -1.81. The summed E-state index contributed by atoms with van der Waals surface area (Å²) in [5.74, 6) is -0.0378. The Labute approximate surface area is 104 Å². The number of aromatic nitrogens is 2. The van der Waals surface area contributed by atoms with Gasteiger partial charge in [0, 0.05) is 23.5 Å². The van der Waals surface area contributed by atoms with Gasteiger partial charge in [0.1, 0.15) is 0 Å². The van der Waals surface area contributed by atoms with E-state index in [0.29, 0.717) is 18.0 Å². The summed E-state index contributed by atoms with van der Waals surface area (Å²) in [6.45, 7) is 0.504. The standard InChI is InChI=1S/C12H12ClN3O/c13-10-3-1-9(2-4-10)8-14-12(17)7-11-5-6-15-16-11/h1-6H,7-8H2,(H,14,17)(H,15,16). The second kappa shape index (κ2) is 5.50. The van der Waals surface area contributed by atoms with Gasteiger partial charge in [0.05, 0.1) is 6.42 Å². The maximum Gasteiger partial charge on any atom is 0.226 e. The minimum Gasteiger partial charge on any atom is -0.352 e. The molecule has 5 heteroatoms. The Balaban J connectivity index is 1.82. The topological polar surface area (TPSA) is 57.8 Å². The monoisotopic (exact) mass is 249 g/mol. The van der Waals surface area contributed by atoms with Crippen molar-refractivity contribution in [3.8, 4) is 0 Å². The van der Waals surface area contributed by atoms with Crippen molar-refractivity contribution in [1.82, 2.24) is 15.5 Å². The molecule has 0 unspecified atom stereocenters. The molecule has 0 saturated carbocycles. The number of carbonyl (C=O) groups excluding carboxylic acids is 1. The van der Waals surface area contributed by atoms with E-state index in [1.54, 1.807) is 24.4 Å². The quantitative estimate of drug-likeness (QED) is 0.870. The third kappa shape index (κ3) is 3.60. The molecule has 1 amide bonds. The van der Waals surface area contributed by atoms with Crippen LogP contribution >= 0.6 is 11.6 Å². The number of hydrogen-bond donors (Lipinski definition) is 2. The van der Waals surface area contributed by atoms with E-state index < -0.39 is 0 Å². The molecule has 0 spiro atoms. The minimum absolute atomic E-state index is 0.0378. The summed E-state index contributed by atoms with van der Waals surface area (Å²) in [6, 6.07) is 9.16. The van der Waals surface area contributed by atoms with Crippen LogP contribution in [0.5, 0.6) is 0 Å². The number of carbonyl (C=O) groups is 1. The van der Waals surface area contributed by atoms with Gasteiger partial charge < -0.3 is 5.32 Å². The number of benzene rings is 1. The van der Waals surface area contributed by atoms with Crippen LogP contribution in [0.2, 0.25) is 5.02 Å². The average Bonchev–Trinajstić information content (AvgIpc) is 2.81. The van der Waals surface area contributed by atoms with E-state index in [9.17, 15) is 4.79 Å². The van der Waals surface area contributed by atoms with E-state index in [0.717, 1.165) is 11.3 Å². The summed E-state index contributed by atoms with van der Waals surface area (Å²) < 4.78 is 0. The number of amides is 1. The van der Waals surface area contributed by atoms with E-state index in [1.807, 2.05) is 12.1 Å². The molecule has 2 N–H and O–H groups in total. The van der Waals surface area contributed by atoms with Crippen molar-refractivity contribution < 1.29 is 4.79 Å². The van der Waals surface area contributed by atoms with Crippen LogP contribution in [0.25, 0.3) is 0 Å². The molecule has 0 aliphatic rings. The van der Waals surface area contributed by atoms with Crippen LogP contribution in [0.4, 0.5) is 0 Å². The van der Waals surface area contributed by atoms with Crippen LogP contribution in [0.15, 0.2) is 36.5 Å². The molecule has 1 aromatic heterocycles. The summed E-state index contributed by atoms with van der Waals surface area (Å²) in [4.78, 5) is 11.6. The fourth-order valence-electron chi connectivity index (χ4n) is 1.42. The van der Waals surface area contributed by atoms with Gasteiger partial charge in [-0.05, 0) is 23.8 Å². The second-order valence-corrected chi connectivity index (χ2v) is 4.10. The summed E-state index contributed by atoms with van der Waals surface area (Å²) >= 11 is 5.77. The number of nitrogens with one attached hydrogen (secondary N) is 2. The Morgan fingerprint density at radius 1 is 1.29 bits per heavy atom. The lowest BCUT2D eigenvalue weighted by Crippen LogP contribution is -2.24. The van der Waals surface area contributed by atoms with Gasteiger partial charge in [0.15, 0.2) is 0 Å². The predicted molar refractivity (Wildman–Crippen MR) is 65.6 cm³/mol. The average molecular weight is 250 g/mol. The van der Waals surface area contributed by atoms with Crippen molar-refractivity contribution in [2.75, 3.05) is 0 Å². The van der Waals surface area contributed by atoms with Gasteiger partial charge in [0.2, 0.25) is 5.91 Å². The molecule has 2 aromatic rings. The molecule has 0 aliphatic carbocycles. The van der Waals surface area contributed by atoms with Gasteiger partial charge in [-0.25, -0.2) is 0 Å². The number of H-pyrrole nitrogens is 1. The van der Waals surface area contributed by atoms with E-state index in [1.165, 1.54) is 0 Å². The molecular formula is C12H12ClN3O. The number of nitrogens with zero attached hydrogens (tertiary/aromatic N) is 1. The highest BCUT2D eigenvalue weighted by atomic mass is 35.5. The van der Waals surface area contributed by atoms with Crippen LogP contribution in [-0.2, 0) is 17.8 Å². The third-order valence-corrected chi connectivity index (χ3v) is 2.56. The van der Waals surface area contributed by atoms with Crippen LogP contribution in [0.3, 0.4) is 0 Å². The predicted octanol–water partition coefficient (Wildman–Crippen LogP) is 1.92. The third-order valence-electron chi connectivity index (χ3n) is 2.31. The Morgan fingerprint density at radius 3 is 2.71 bits per heavy atom. The van der Waals surface area contributed by atoms with Gasteiger partial charge in [-0.3, -0.25) is 9.89 Å². The van der Waals surface area contributed by atoms with Crippen molar-refractivity contribution in [3.05, 3.63) is 52.8 Å². The van der Waals surface area contributed by atoms with Crippen LogP contribution in [0, 0.1) is 0 Å². The molecule has 0 atom stereocenters. The molecule has 2 rings (SSSR count). The first-order chi connectivity index (χ1) is 8.24. The van der Waals surface area contributed by atoms with Gasteiger partial charge in [0.25, 0.3) is 0 Å². The van der Waals surface area contributed by atoms with Crippen molar-refractivity contribution in [1.29, 1.82) is 0 Å². The zero-order valence-corrected chi connectivity index (χ0v) is 9.87. The summed E-state index contributed by atoms with van der Waals surface area (Å²) in [5, 5.41) is 10.0. The summed E-state index contributed by atoms with van der Waals surface area (Å²) in [7, 11) is 0. The van der Waals surface area contributed by atoms with Crippen LogP contribution in [0.1, 0.15) is 11.3 Å². The second-order valence-electron chi connectivity index (χ2n) is 3.66. The van der Waals surface area contributed by atoms with E-state index >= 15 is 0 Å². The fourth-order valence-corrected chi connectivity index (χ4v) is 1.55. The zero-order valence-electron chi connectivity index (χ0n) is 9.11. The first-order valence-electron chi connectivity index (χ1n) is 5.23. The highest BCUT2D eigenvalue weighted by Crippen LogP contribution is 2.09. The summed E-state index contributed by atoms with van der Waals surface area (Å²) in [6.07, 6.45) is 1.94. The van der Waals surface area contributed by atoms with Crippen molar-refractivity contribution >= 4 is 17.5 Å². The first-order valence-corrected chi connectivity index (χ1v) is 5.61. The Morgan fingerprint density at radius 2 is 2.06 bits per heavy atom. The van der Waals surface area contributed by atoms with Crippen LogP contribution in [-0.4, -0.2) is 16.1 Å². The van der Waals surface area contributed by atoms with E-state index in [2.05, 4.69) is 15.5 Å². The van der Waals surface area contributed by atoms with Crippen LogP contribution < -0.4 is 5.32 Å². The summed E-state index contributed by atoms with van der Waals surface area (Å²) in [5.41, 5.74) is 1.82. The smallest absolute Gasteiger partial charge is 0.226 e. The molecule has 17 heavy (non-hydrogen) atoms. The fraction of sp³-hybridized carbons (Fsp3) is 0.167. The lowest BCUT2D eigenvalue weighted by atomic mass is 10.2. The highest BCUT2D eigenvalue weighted by Gasteiger charge is 2.03. The zero-order chi connectivity index (χ0) is 12.1. The molecular weight excluding hydrogens is 238 g/mol. The molecule has 4 nitrogen and oxygen atoms in total. The van der Waals surface area contributed by atoms with Gasteiger partial charge >= 0.3 is 0 Å². The van der Waals surface area contributed by atoms with Crippen molar-refractivity contribution in [2.24, 2.45) is 0 Å². The lowest BCUT2D eigenvalue weighted by Gasteiger charge is -2.04. The Kier molecular flexibility index (Phi) is 3.77. The lowest BCUT2D eigenvalue weighted by molar-refractivity contribution is -0.120. The molecule has 0 aliphatic heterocycles. The van der Waals surface area contributed by atoms with Gasteiger partial charge in [-0.2, -0.15) is 5.10 Å². The number of rotatable bonds is 4. The van der Waals surface area contributed by atoms with Gasteiger partial charge in [-0.1, -0.05) is 23.7 Å². The maximum atomic E-state index is 11.6. The van der Waals surface area contributed by atoms with Gasteiger partial charge in [-0.15, -0.1) is 0 Å². The molecule has 1 aromatic carbocycles. The van der Waals surface area contributed by atoms with E-state index in [4.69, 9.17) is 11.6 Å². The number of halogens is 1. The molecule has 0 radical (unpaired) electrons. The number of aromatic amines is 1. The SMILES string of the molecule is O=C(Cc1ccn[nH]1)NCc1ccc(Cl)cc1. The molecule has 88 valence electrons. The first kappa shape index (κ1) is 11.7. The van der Waals surface area contributed by atoms with Crippen molar-refractivity contribution in [3.63, 3.8) is 0 Å². The highest BCUT2D eigenvalue weighted by molar-refractivity contribution is 6.30. The molecule has 1 heterocycles. The maximum absolute atomic E-state index is 11.6. The van der Waals surface area contributed by atoms with Crippen molar-refractivity contribution in [2.45, 2.75) is 13.0 Å². The van der Waals surface area contributed by atoms with E-state index in [-0.39, 0.29) is 5.91 Å². The normalized spacial score (nSPS) is 10.2. The molecule has 0 saturated heterocycles. The number of hydrogen-bond acceptors (Lipinski definition) is 2. The molecule has 0 bridgehead atoms. The largest absolute Gasteiger partial charge is 0.352 e.